The van der Waals surface area contributed by atoms with Crippen LogP contribution < -0.4 is 15.4 Å². The average Bonchev–Trinajstić information content (AvgIpc) is 2.90. The van der Waals surface area contributed by atoms with Crippen molar-refractivity contribution in [2.45, 2.75) is 31.6 Å². The van der Waals surface area contributed by atoms with E-state index in [0.717, 1.165) is 12.8 Å². The second-order valence-corrected chi connectivity index (χ2v) is 8.10. The molecule has 3 rings (SSSR count). The number of nitrogens with zero attached hydrogens (tertiary/aromatic N) is 3. The molecule has 2 heterocycles. The lowest BCUT2D eigenvalue weighted by atomic mass is 10.3. The first-order chi connectivity index (χ1) is 13.3. The van der Waals surface area contributed by atoms with Crippen molar-refractivity contribution < 1.29 is 13.2 Å². The number of nitrogens with one attached hydrogen (secondary N) is 3. The molecule has 1 amide bonds. The number of benzene rings is 1. The van der Waals surface area contributed by atoms with Gasteiger partial charge in [-0.25, -0.2) is 23.1 Å². The van der Waals surface area contributed by atoms with Gasteiger partial charge in [0.1, 0.15) is 0 Å². The SMILES string of the molecule is Cc1cc(C)nc(NS(=O)(=O)c2ccc(NC(=O)C3=NCCCCN3)cc2)n1. The molecule has 3 N–H and O–H groups in total. The summed E-state index contributed by atoms with van der Waals surface area (Å²) in [7, 11) is -3.84. The van der Waals surface area contributed by atoms with E-state index < -0.39 is 10.0 Å². The van der Waals surface area contributed by atoms with Crippen molar-refractivity contribution in [1.29, 1.82) is 0 Å². The van der Waals surface area contributed by atoms with Crippen molar-refractivity contribution in [3.8, 4) is 0 Å². The van der Waals surface area contributed by atoms with Crippen LogP contribution in [0.15, 0.2) is 40.2 Å². The number of amides is 1. The quantitative estimate of drug-likeness (QED) is 0.698. The van der Waals surface area contributed by atoms with Gasteiger partial charge in [-0.15, -0.1) is 0 Å². The van der Waals surface area contributed by atoms with E-state index in [1.807, 2.05) is 0 Å². The third-order valence-electron chi connectivity index (χ3n) is 3.99. The summed E-state index contributed by atoms with van der Waals surface area (Å²) in [5, 5.41) is 5.70. The molecular formula is C18H22N6O3S. The number of anilines is 2. The third-order valence-corrected chi connectivity index (χ3v) is 5.34. The molecule has 148 valence electrons. The first-order valence-electron chi connectivity index (χ1n) is 8.88. The van der Waals surface area contributed by atoms with Crippen LogP contribution in [0.25, 0.3) is 0 Å². The average molecular weight is 402 g/mol. The number of aryl methyl sites for hydroxylation is 2. The van der Waals surface area contributed by atoms with Crippen molar-refractivity contribution in [3.63, 3.8) is 0 Å². The summed E-state index contributed by atoms with van der Waals surface area (Å²) in [5.74, 6) is -0.0329. The van der Waals surface area contributed by atoms with Gasteiger partial charge in [0.25, 0.3) is 15.9 Å². The van der Waals surface area contributed by atoms with Gasteiger partial charge in [0.05, 0.1) is 4.90 Å². The van der Waals surface area contributed by atoms with Crippen molar-refractivity contribution >= 4 is 33.4 Å². The van der Waals surface area contributed by atoms with Crippen LogP contribution in [0.4, 0.5) is 11.6 Å². The molecule has 0 fully saturated rings. The van der Waals surface area contributed by atoms with E-state index in [0.29, 0.717) is 36.0 Å². The highest BCUT2D eigenvalue weighted by Crippen LogP contribution is 2.17. The molecule has 0 saturated carbocycles. The van der Waals surface area contributed by atoms with Gasteiger partial charge in [0.15, 0.2) is 5.84 Å². The number of aliphatic imine (C=N–C) groups is 1. The van der Waals surface area contributed by atoms with Gasteiger partial charge >= 0.3 is 0 Å². The maximum atomic E-state index is 12.5. The molecule has 1 aliphatic heterocycles. The molecule has 1 aromatic heterocycles. The summed E-state index contributed by atoms with van der Waals surface area (Å²) >= 11 is 0. The Kier molecular flexibility index (Phi) is 5.88. The Bertz CT molecular complexity index is 982. The molecular weight excluding hydrogens is 380 g/mol. The Morgan fingerprint density at radius 3 is 2.43 bits per heavy atom. The fourth-order valence-corrected chi connectivity index (χ4v) is 3.64. The maximum absolute atomic E-state index is 12.5. The standard InChI is InChI=1S/C18H22N6O3S/c1-12-11-13(2)22-18(21-12)24-28(26,27)15-7-5-14(6-8-15)23-17(25)16-19-9-3-4-10-20-16/h5-8,11H,3-4,9-10H2,1-2H3,(H,19,20)(H,23,25)(H,21,22,24). The molecule has 1 aromatic carbocycles. The van der Waals surface area contributed by atoms with Crippen LogP contribution in [0, 0.1) is 13.8 Å². The maximum Gasteiger partial charge on any atom is 0.290 e. The fourth-order valence-electron chi connectivity index (χ4n) is 2.70. The predicted octanol–water partition coefficient (Wildman–Crippen LogP) is 1.61. The molecule has 10 heteroatoms. The van der Waals surface area contributed by atoms with Crippen molar-refractivity contribution in [2.24, 2.45) is 4.99 Å². The van der Waals surface area contributed by atoms with Gasteiger partial charge in [-0.3, -0.25) is 9.79 Å². The van der Waals surface area contributed by atoms with Gasteiger partial charge in [-0.2, -0.15) is 0 Å². The van der Waals surface area contributed by atoms with Gasteiger partial charge in [-0.05, 0) is 57.0 Å². The number of hydrogen-bond acceptors (Lipinski definition) is 7. The first-order valence-corrected chi connectivity index (χ1v) is 10.4. The Balaban J connectivity index is 1.70. The van der Waals surface area contributed by atoms with Crippen LogP contribution in [-0.4, -0.2) is 43.2 Å². The van der Waals surface area contributed by atoms with E-state index >= 15 is 0 Å². The molecule has 1 aliphatic rings. The van der Waals surface area contributed by atoms with E-state index in [2.05, 4.69) is 30.3 Å². The number of hydrogen-bond donors (Lipinski definition) is 3. The van der Waals surface area contributed by atoms with E-state index in [1.54, 1.807) is 19.9 Å². The van der Waals surface area contributed by atoms with Crippen LogP contribution in [-0.2, 0) is 14.8 Å². The Labute approximate surface area is 163 Å². The lowest BCUT2D eigenvalue weighted by Gasteiger charge is -2.10. The van der Waals surface area contributed by atoms with Gasteiger partial charge < -0.3 is 10.6 Å². The minimum atomic E-state index is -3.84. The minimum Gasteiger partial charge on any atom is -0.366 e. The summed E-state index contributed by atoms with van der Waals surface area (Å²) in [5.41, 5.74) is 1.80. The van der Waals surface area contributed by atoms with Crippen molar-refractivity contribution in [2.75, 3.05) is 23.1 Å². The lowest BCUT2D eigenvalue weighted by molar-refractivity contribution is -0.110. The van der Waals surface area contributed by atoms with E-state index in [1.165, 1.54) is 24.3 Å². The molecule has 0 saturated heterocycles. The molecule has 0 radical (unpaired) electrons. The fraction of sp³-hybridized carbons (Fsp3) is 0.333. The van der Waals surface area contributed by atoms with Gasteiger partial charge in [0, 0.05) is 30.2 Å². The normalized spacial score (nSPS) is 14.4. The number of amidine groups is 1. The summed E-state index contributed by atoms with van der Waals surface area (Å²) < 4.78 is 27.4. The number of aromatic nitrogens is 2. The summed E-state index contributed by atoms with van der Waals surface area (Å²) in [6.45, 7) is 4.84. The van der Waals surface area contributed by atoms with Gasteiger partial charge in [-0.1, -0.05) is 0 Å². The number of carbonyl (C=O) groups is 1. The van der Waals surface area contributed by atoms with Crippen molar-refractivity contribution in [3.05, 3.63) is 41.7 Å². The monoisotopic (exact) mass is 402 g/mol. The second-order valence-electron chi connectivity index (χ2n) is 6.42. The van der Waals surface area contributed by atoms with Crippen LogP contribution in [0.2, 0.25) is 0 Å². The summed E-state index contributed by atoms with van der Waals surface area (Å²) in [6, 6.07) is 7.60. The van der Waals surface area contributed by atoms with E-state index in [-0.39, 0.29) is 16.8 Å². The Morgan fingerprint density at radius 2 is 1.75 bits per heavy atom. The van der Waals surface area contributed by atoms with E-state index in [4.69, 9.17) is 0 Å². The molecule has 2 aromatic rings. The molecule has 0 unspecified atom stereocenters. The first kappa shape index (κ1) is 19.7. The number of rotatable bonds is 5. The molecule has 28 heavy (non-hydrogen) atoms. The number of carbonyl (C=O) groups excluding carboxylic acids is 1. The molecule has 0 bridgehead atoms. The highest BCUT2D eigenvalue weighted by Gasteiger charge is 2.17. The zero-order chi connectivity index (χ0) is 20.1. The van der Waals surface area contributed by atoms with E-state index in [9.17, 15) is 13.2 Å². The van der Waals surface area contributed by atoms with Crippen LogP contribution >= 0.6 is 0 Å². The largest absolute Gasteiger partial charge is 0.366 e. The topological polar surface area (TPSA) is 125 Å². The van der Waals surface area contributed by atoms with Crippen LogP contribution in [0.3, 0.4) is 0 Å². The molecule has 9 nitrogen and oxygen atoms in total. The summed E-state index contributed by atoms with van der Waals surface area (Å²) in [4.78, 5) is 24.7. The highest BCUT2D eigenvalue weighted by atomic mass is 32.2. The predicted molar refractivity (Wildman–Crippen MR) is 107 cm³/mol. The molecule has 0 aliphatic carbocycles. The summed E-state index contributed by atoms with van der Waals surface area (Å²) in [6.07, 6.45) is 1.90. The minimum absolute atomic E-state index is 0.0207. The Morgan fingerprint density at radius 1 is 1.07 bits per heavy atom. The van der Waals surface area contributed by atoms with Gasteiger partial charge in [0.2, 0.25) is 5.95 Å². The zero-order valence-electron chi connectivity index (χ0n) is 15.7. The number of sulfonamides is 1. The van der Waals surface area contributed by atoms with Crippen LogP contribution in [0.1, 0.15) is 24.2 Å². The third kappa shape index (κ3) is 5.03. The highest BCUT2D eigenvalue weighted by molar-refractivity contribution is 7.92. The lowest BCUT2D eigenvalue weighted by Crippen LogP contribution is -2.35. The second kappa shape index (κ2) is 8.34. The smallest absolute Gasteiger partial charge is 0.290 e. The Hall–Kier alpha value is -3.01. The zero-order valence-corrected chi connectivity index (χ0v) is 16.5. The molecule has 0 atom stereocenters. The molecule has 0 spiro atoms. The van der Waals surface area contributed by atoms with Crippen LogP contribution in [0.5, 0.6) is 0 Å². The van der Waals surface area contributed by atoms with Crippen molar-refractivity contribution in [1.82, 2.24) is 15.3 Å².